The Bertz CT molecular complexity index is 1140. The molecule has 4 aliphatic rings. The van der Waals surface area contributed by atoms with Gasteiger partial charge >= 0.3 is 0 Å². The molecule has 10 heteroatoms. The molecule has 0 aliphatic carbocycles. The molecule has 234 valence electrons. The highest BCUT2D eigenvalue weighted by Crippen LogP contribution is 2.30. The monoisotopic (exact) mass is 591 g/mol. The number of benzene rings is 1. The van der Waals surface area contributed by atoms with E-state index in [-0.39, 0.29) is 5.91 Å². The van der Waals surface area contributed by atoms with Gasteiger partial charge in [0.2, 0.25) is 5.91 Å². The summed E-state index contributed by atoms with van der Waals surface area (Å²) in [5, 5.41) is 3.45. The fourth-order valence-corrected chi connectivity index (χ4v) is 7.07. The van der Waals surface area contributed by atoms with E-state index in [2.05, 4.69) is 48.2 Å². The molecule has 1 N–H and O–H groups in total. The van der Waals surface area contributed by atoms with E-state index in [4.69, 9.17) is 9.47 Å². The molecule has 6 rings (SSSR count). The zero-order chi connectivity index (χ0) is 29.3. The highest BCUT2D eigenvalue weighted by Gasteiger charge is 2.28. The van der Waals surface area contributed by atoms with Crippen LogP contribution in [0.2, 0.25) is 0 Å². The van der Waals surface area contributed by atoms with Gasteiger partial charge in [-0.3, -0.25) is 9.69 Å². The summed E-state index contributed by atoms with van der Waals surface area (Å²) in [7, 11) is 0. The summed E-state index contributed by atoms with van der Waals surface area (Å²) in [6.45, 7) is 14.7. The molecule has 43 heavy (non-hydrogen) atoms. The fraction of sp³-hybridized carbons (Fsp3) is 0.667. The SMILES string of the molecule is O=C(CN1Cc2cncnc2C1)N1CCC[C@@H](c2cccc(OCCOCCN3CCC(CN4CCNCC4)CC3)c2)C1. The molecule has 0 saturated carbocycles. The maximum absolute atomic E-state index is 13.2. The van der Waals surface area contributed by atoms with Crippen molar-refractivity contribution < 1.29 is 14.3 Å². The zero-order valence-corrected chi connectivity index (χ0v) is 25.7. The number of carbonyl (C=O) groups excluding carboxylic acids is 1. The number of hydrogen-bond donors (Lipinski definition) is 1. The maximum Gasteiger partial charge on any atom is 0.236 e. The largest absolute Gasteiger partial charge is 0.491 e. The topological polar surface area (TPSA) is 86.3 Å². The van der Waals surface area contributed by atoms with Crippen LogP contribution in [0.3, 0.4) is 0 Å². The molecule has 0 bridgehead atoms. The summed E-state index contributed by atoms with van der Waals surface area (Å²) >= 11 is 0. The molecule has 1 aromatic heterocycles. The van der Waals surface area contributed by atoms with Crippen LogP contribution in [0.15, 0.2) is 36.8 Å². The minimum atomic E-state index is 0.203. The summed E-state index contributed by atoms with van der Waals surface area (Å²) in [4.78, 5) is 31.0. The van der Waals surface area contributed by atoms with E-state index < -0.39 is 0 Å². The number of piperidine rings is 2. The molecule has 3 fully saturated rings. The number of hydrogen-bond acceptors (Lipinski definition) is 9. The van der Waals surface area contributed by atoms with E-state index in [9.17, 15) is 4.79 Å². The molecular formula is C33H49N7O3. The minimum Gasteiger partial charge on any atom is -0.491 e. The van der Waals surface area contributed by atoms with Gasteiger partial charge in [-0.15, -0.1) is 0 Å². The highest BCUT2D eigenvalue weighted by atomic mass is 16.5. The number of nitrogens with one attached hydrogen (secondary N) is 1. The van der Waals surface area contributed by atoms with Gasteiger partial charge in [0, 0.05) is 83.1 Å². The van der Waals surface area contributed by atoms with Crippen molar-refractivity contribution in [1.82, 2.24) is 34.9 Å². The smallest absolute Gasteiger partial charge is 0.236 e. The van der Waals surface area contributed by atoms with Crippen LogP contribution in [0.25, 0.3) is 0 Å². The van der Waals surface area contributed by atoms with Crippen molar-refractivity contribution in [2.45, 2.75) is 44.7 Å². The molecule has 1 amide bonds. The van der Waals surface area contributed by atoms with Gasteiger partial charge in [-0.2, -0.15) is 0 Å². The Hall–Kier alpha value is -2.63. The van der Waals surface area contributed by atoms with E-state index in [1.165, 1.54) is 51.1 Å². The first-order chi connectivity index (χ1) is 21.2. The van der Waals surface area contributed by atoms with Gasteiger partial charge in [0.15, 0.2) is 0 Å². The number of fused-ring (bicyclic) bond motifs is 1. The Morgan fingerprint density at radius 2 is 1.84 bits per heavy atom. The van der Waals surface area contributed by atoms with Crippen LogP contribution in [-0.2, 0) is 22.6 Å². The second-order valence-electron chi connectivity index (χ2n) is 12.7. The van der Waals surface area contributed by atoms with E-state index in [1.807, 2.05) is 17.2 Å². The van der Waals surface area contributed by atoms with Crippen LogP contribution in [0.4, 0.5) is 0 Å². The predicted octanol–water partition coefficient (Wildman–Crippen LogP) is 2.21. The number of ether oxygens (including phenoxy) is 2. The number of amides is 1. The van der Waals surface area contributed by atoms with E-state index in [1.54, 1.807) is 6.33 Å². The maximum atomic E-state index is 13.2. The third kappa shape index (κ3) is 8.73. The van der Waals surface area contributed by atoms with Gasteiger partial charge < -0.3 is 29.5 Å². The van der Waals surface area contributed by atoms with Crippen molar-refractivity contribution in [2.24, 2.45) is 5.92 Å². The van der Waals surface area contributed by atoms with Crippen LogP contribution < -0.4 is 10.1 Å². The number of carbonyl (C=O) groups is 1. The first kappa shape index (κ1) is 30.4. The van der Waals surface area contributed by atoms with E-state index in [0.717, 1.165) is 88.2 Å². The van der Waals surface area contributed by atoms with Crippen LogP contribution >= 0.6 is 0 Å². The van der Waals surface area contributed by atoms with Gasteiger partial charge in [0.25, 0.3) is 0 Å². The Morgan fingerprint density at radius 3 is 2.70 bits per heavy atom. The van der Waals surface area contributed by atoms with Crippen molar-refractivity contribution in [1.29, 1.82) is 0 Å². The lowest BCUT2D eigenvalue weighted by atomic mass is 9.90. The zero-order valence-electron chi connectivity index (χ0n) is 25.7. The average Bonchev–Trinajstić information content (AvgIpc) is 3.46. The van der Waals surface area contributed by atoms with Crippen molar-refractivity contribution >= 4 is 5.91 Å². The lowest BCUT2D eigenvalue weighted by molar-refractivity contribution is -0.133. The van der Waals surface area contributed by atoms with Gasteiger partial charge in [-0.25, -0.2) is 9.97 Å². The molecule has 1 aromatic carbocycles. The second-order valence-corrected chi connectivity index (χ2v) is 12.7. The number of nitrogens with zero attached hydrogens (tertiary/aromatic N) is 6. The Morgan fingerprint density at radius 1 is 0.953 bits per heavy atom. The number of piperazine rings is 1. The van der Waals surface area contributed by atoms with Crippen LogP contribution in [0, 0.1) is 5.92 Å². The highest BCUT2D eigenvalue weighted by molar-refractivity contribution is 5.78. The van der Waals surface area contributed by atoms with Crippen molar-refractivity contribution in [3.8, 4) is 5.75 Å². The summed E-state index contributed by atoms with van der Waals surface area (Å²) in [5.74, 6) is 2.27. The van der Waals surface area contributed by atoms with Crippen molar-refractivity contribution in [2.75, 3.05) is 91.8 Å². The third-order valence-corrected chi connectivity index (χ3v) is 9.59. The first-order valence-corrected chi connectivity index (χ1v) is 16.4. The van der Waals surface area contributed by atoms with Gasteiger partial charge in [-0.1, -0.05) is 12.1 Å². The average molecular weight is 592 g/mol. The summed E-state index contributed by atoms with van der Waals surface area (Å²) in [6.07, 6.45) is 8.18. The normalized spacial score (nSPS) is 22.5. The Balaban J connectivity index is 0.860. The van der Waals surface area contributed by atoms with E-state index in [0.29, 0.717) is 25.7 Å². The first-order valence-electron chi connectivity index (χ1n) is 16.4. The molecule has 4 aliphatic heterocycles. The standard InChI is InChI=1S/C33H49N7O3/c41-33(25-39-22-30-20-35-26-36-32(30)24-39)40-10-2-4-29(23-40)28-3-1-5-31(19-28)43-18-17-42-16-15-37-11-6-27(7-12-37)21-38-13-8-34-9-14-38/h1,3,5,19-20,26-27,29,34H,2,4,6-18,21-25H2/t29-/m1/s1. The van der Waals surface area contributed by atoms with Crippen molar-refractivity contribution in [3.63, 3.8) is 0 Å². The fourth-order valence-electron chi connectivity index (χ4n) is 7.07. The number of likely N-dealkylation sites (tertiary alicyclic amines) is 2. The second kappa shape index (κ2) is 15.4. The van der Waals surface area contributed by atoms with Gasteiger partial charge in [0.05, 0.1) is 25.5 Å². The number of aromatic nitrogens is 2. The molecule has 3 saturated heterocycles. The van der Waals surface area contributed by atoms with Crippen molar-refractivity contribution in [3.05, 3.63) is 53.6 Å². The quantitative estimate of drug-likeness (QED) is 0.374. The molecule has 0 radical (unpaired) electrons. The third-order valence-electron chi connectivity index (χ3n) is 9.59. The molecule has 2 aromatic rings. The lowest BCUT2D eigenvalue weighted by Gasteiger charge is -2.36. The number of rotatable bonds is 12. The van der Waals surface area contributed by atoms with Gasteiger partial charge in [-0.05, 0) is 62.4 Å². The lowest BCUT2D eigenvalue weighted by Crippen LogP contribution is -2.47. The summed E-state index contributed by atoms with van der Waals surface area (Å²) in [5.41, 5.74) is 3.42. The predicted molar refractivity (Wildman–Crippen MR) is 166 cm³/mol. The molecule has 0 spiro atoms. The molecular weight excluding hydrogens is 542 g/mol. The molecule has 10 nitrogen and oxygen atoms in total. The van der Waals surface area contributed by atoms with Gasteiger partial charge in [0.1, 0.15) is 18.7 Å². The summed E-state index contributed by atoms with van der Waals surface area (Å²) < 4.78 is 12.0. The van der Waals surface area contributed by atoms with Crippen LogP contribution in [-0.4, -0.2) is 127 Å². The van der Waals surface area contributed by atoms with E-state index >= 15 is 0 Å². The molecule has 1 atom stereocenters. The van der Waals surface area contributed by atoms with Crippen LogP contribution in [0.1, 0.15) is 48.4 Å². The summed E-state index contributed by atoms with van der Waals surface area (Å²) in [6, 6.07) is 8.41. The molecule has 0 unspecified atom stereocenters. The van der Waals surface area contributed by atoms with Crippen LogP contribution in [0.5, 0.6) is 5.75 Å². The minimum absolute atomic E-state index is 0.203. The molecule has 5 heterocycles. The Labute approximate surface area is 256 Å². The Kier molecular flexibility index (Phi) is 10.9.